The summed E-state index contributed by atoms with van der Waals surface area (Å²) in [6.07, 6.45) is 10.5. The molecule has 4 rings (SSSR count). The second-order valence-corrected chi connectivity index (χ2v) is 6.73. The van der Waals surface area contributed by atoms with E-state index in [1.54, 1.807) is 17.2 Å². The Morgan fingerprint density at radius 2 is 2.08 bits per heavy atom. The molecule has 3 heterocycles. The van der Waals surface area contributed by atoms with Gasteiger partial charge < -0.3 is 4.90 Å². The zero-order valence-electron chi connectivity index (χ0n) is 14.1. The Morgan fingerprint density at radius 3 is 2.92 bits per heavy atom. The highest BCUT2D eigenvalue weighted by atomic mass is 16.2. The third kappa shape index (κ3) is 3.18. The predicted molar refractivity (Wildman–Crippen MR) is 91.2 cm³/mol. The molecule has 0 radical (unpaired) electrons. The van der Waals surface area contributed by atoms with E-state index in [2.05, 4.69) is 15.1 Å². The number of carbonyl (C=O) groups excluding carboxylic acids is 1. The van der Waals surface area contributed by atoms with Gasteiger partial charge in [0.2, 0.25) is 0 Å². The minimum absolute atomic E-state index is 0.0265. The second kappa shape index (κ2) is 6.74. The van der Waals surface area contributed by atoms with Gasteiger partial charge in [-0.2, -0.15) is 5.10 Å². The Balaban J connectivity index is 1.56. The normalized spacial score (nSPS) is 19.7. The molecule has 2 aliphatic rings. The SMILES string of the molecule is O=C(c1cnccn1)N1CCCC1Cn1nc2c(cc1=O)CCCC2. The fourth-order valence-corrected chi connectivity index (χ4v) is 3.78. The average Bonchev–Trinajstić information content (AvgIpc) is 3.10. The van der Waals surface area contributed by atoms with Crippen LogP contribution in [0.5, 0.6) is 0 Å². The molecular formula is C18H21N5O2. The topological polar surface area (TPSA) is 81.0 Å². The van der Waals surface area contributed by atoms with Crippen molar-refractivity contribution in [3.05, 3.63) is 52.0 Å². The monoisotopic (exact) mass is 339 g/mol. The smallest absolute Gasteiger partial charge is 0.274 e. The fourth-order valence-electron chi connectivity index (χ4n) is 3.78. The summed E-state index contributed by atoms with van der Waals surface area (Å²) in [4.78, 5) is 35.0. The van der Waals surface area contributed by atoms with Gasteiger partial charge in [-0.25, -0.2) is 9.67 Å². The van der Waals surface area contributed by atoms with Gasteiger partial charge in [0.15, 0.2) is 0 Å². The summed E-state index contributed by atoms with van der Waals surface area (Å²) in [6.45, 7) is 1.12. The van der Waals surface area contributed by atoms with Gasteiger partial charge in [-0.15, -0.1) is 0 Å². The van der Waals surface area contributed by atoms with E-state index in [1.165, 1.54) is 17.1 Å². The Kier molecular flexibility index (Phi) is 4.29. The Labute approximate surface area is 145 Å². The van der Waals surface area contributed by atoms with Crippen LogP contribution in [0.25, 0.3) is 0 Å². The maximum absolute atomic E-state index is 12.7. The van der Waals surface area contributed by atoms with Crippen molar-refractivity contribution in [2.75, 3.05) is 6.54 Å². The molecule has 7 heteroatoms. The Hall–Kier alpha value is -2.57. The van der Waals surface area contributed by atoms with Gasteiger partial charge in [0.05, 0.1) is 24.5 Å². The number of hydrogen-bond donors (Lipinski definition) is 0. The predicted octanol–water partition coefficient (Wildman–Crippen LogP) is 1.22. The van der Waals surface area contributed by atoms with Gasteiger partial charge >= 0.3 is 0 Å². The molecule has 2 aromatic rings. The van der Waals surface area contributed by atoms with Crippen LogP contribution in [0.2, 0.25) is 0 Å². The molecule has 0 spiro atoms. The number of likely N-dealkylation sites (tertiary alicyclic amines) is 1. The van der Waals surface area contributed by atoms with Crippen molar-refractivity contribution in [1.82, 2.24) is 24.6 Å². The van der Waals surface area contributed by atoms with E-state index in [0.29, 0.717) is 18.8 Å². The molecule has 7 nitrogen and oxygen atoms in total. The first-order valence-electron chi connectivity index (χ1n) is 8.89. The van der Waals surface area contributed by atoms with Crippen molar-refractivity contribution in [2.45, 2.75) is 51.1 Å². The first kappa shape index (κ1) is 15.9. The number of aryl methyl sites for hydroxylation is 2. The number of fused-ring (bicyclic) bond motifs is 1. The molecule has 25 heavy (non-hydrogen) atoms. The number of aromatic nitrogens is 4. The molecule has 0 N–H and O–H groups in total. The highest BCUT2D eigenvalue weighted by Crippen LogP contribution is 2.21. The lowest BCUT2D eigenvalue weighted by Gasteiger charge is -2.25. The van der Waals surface area contributed by atoms with Crippen LogP contribution < -0.4 is 5.56 Å². The molecule has 0 aromatic carbocycles. The maximum atomic E-state index is 12.7. The fraction of sp³-hybridized carbons (Fsp3) is 0.500. The third-order valence-corrected chi connectivity index (χ3v) is 5.08. The minimum atomic E-state index is -0.124. The van der Waals surface area contributed by atoms with Crippen molar-refractivity contribution in [1.29, 1.82) is 0 Å². The lowest BCUT2D eigenvalue weighted by atomic mass is 9.97. The van der Waals surface area contributed by atoms with Crippen molar-refractivity contribution in [3.63, 3.8) is 0 Å². The van der Waals surface area contributed by atoms with E-state index < -0.39 is 0 Å². The molecule has 1 amide bonds. The molecule has 1 aliphatic heterocycles. The van der Waals surface area contributed by atoms with Crippen LogP contribution in [0.4, 0.5) is 0 Å². The molecule has 0 saturated carbocycles. The van der Waals surface area contributed by atoms with Gasteiger partial charge in [-0.1, -0.05) is 0 Å². The van der Waals surface area contributed by atoms with E-state index in [4.69, 9.17) is 0 Å². The molecular weight excluding hydrogens is 318 g/mol. The maximum Gasteiger partial charge on any atom is 0.274 e. The summed E-state index contributed by atoms with van der Waals surface area (Å²) in [7, 11) is 0. The van der Waals surface area contributed by atoms with Gasteiger partial charge in [0.1, 0.15) is 5.69 Å². The number of rotatable bonds is 3. The largest absolute Gasteiger partial charge is 0.332 e. The zero-order valence-corrected chi connectivity index (χ0v) is 14.1. The number of carbonyl (C=O) groups is 1. The van der Waals surface area contributed by atoms with Crippen LogP contribution in [0, 0.1) is 0 Å². The van der Waals surface area contributed by atoms with E-state index >= 15 is 0 Å². The quantitative estimate of drug-likeness (QED) is 0.840. The van der Waals surface area contributed by atoms with Crippen LogP contribution in [0.15, 0.2) is 29.5 Å². The van der Waals surface area contributed by atoms with Gasteiger partial charge in [0, 0.05) is 25.0 Å². The van der Waals surface area contributed by atoms with Crippen molar-refractivity contribution in [3.8, 4) is 0 Å². The second-order valence-electron chi connectivity index (χ2n) is 6.73. The van der Waals surface area contributed by atoms with Crippen LogP contribution >= 0.6 is 0 Å². The van der Waals surface area contributed by atoms with Crippen LogP contribution in [-0.4, -0.2) is 43.1 Å². The van der Waals surface area contributed by atoms with Crippen molar-refractivity contribution < 1.29 is 4.79 Å². The van der Waals surface area contributed by atoms with Crippen molar-refractivity contribution >= 4 is 5.91 Å². The number of hydrogen-bond acceptors (Lipinski definition) is 5. The molecule has 1 saturated heterocycles. The Morgan fingerprint density at radius 1 is 1.20 bits per heavy atom. The van der Waals surface area contributed by atoms with E-state index in [1.807, 2.05) is 0 Å². The lowest BCUT2D eigenvalue weighted by molar-refractivity contribution is 0.0713. The Bertz CT molecular complexity index is 833. The lowest BCUT2D eigenvalue weighted by Crippen LogP contribution is -2.41. The van der Waals surface area contributed by atoms with E-state index in [9.17, 15) is 9.59 Å². The zero-order chi connectivity index (χ0) is 17.2. The van der Waals surface area contributed by atoms with Crippen LogP contribution in [0.1, 0.15) is 47.4 Å². The third-order valence-electron chi connectivity index (χ3n) is 5.08. The summed E-state index contributed by atoms with van der Waals surface area (Å²) >= 11 is 0. The summed E-state index contributed by atoms with van der Waals surface area (Å²) in [6, 6.07) is 1.70. The molecule has 1 aliphatic carbocycles. The number of nitrogens with zero attached hydrogens (tertiary/aromatic N) is 5. The molecule has 1 unspecified atom stereocenters. The molecule has 1 atom stereocenters. The van der Waals surface area contributed by atoms with Crippen LogP contribution in [-0.2, 0) is 19.4 Å². The van der Waals surface area contributed by atoms with E-state index in [0.717, 1.165) is 49.8 Å². The molecule has 2 aromatic heterocycles. The summed E-state index contributed by atoms with van der Waals surface area (Å²) < 4.78 is 1.54. The van der Waals surface area contributed by atoms with Gasteiger partial charge in [-0.05, 0) is 44.1 Å². The summed E-state index contributed by atoms with van der Waals surface area (Å²) in [5.41, 5.74) is 2.40. The van der Waals surface area contributed by atoms with E-state index in [-0.39, 0.29) is 17.5 Å². The standard InChI is InChI=1S/C18H21N5O2/c24-17-10-13-4-1-2-6-15(13)21-23(17)12-14-5-3-9-22(14)18(25)16-11-19-7-8-20-16/h7-8,10-11,14H,1-6,9,12H2. The van der Waals surface area contributed by atoms with Gasteiger partial charge in [-0.3, -0.25) is 14.6 Å². The first-order valence-corrected chi connectivity index (χ1v) is 8.89. The number of amides is 1. The minimum Gasteiger partial charge on any atom is -0.332 e. The van der Waals surface area contributed by atoms with Crippen LogP contribution in [0.3, 0.4) is 0 Å². The average molecular weight is 339 g/mol. The molecule has 1 fully saturated rings. The molecule has 130 valence electrons. The first-order chi connectivity index (χ1) is 12.2. The van der Waals surface area contributed by atoms with Gasteiger partial charge in [0.25, 0.3) is 11.5 Å². The summed E-state index contributed by atoms with van der Waals surface area (Å²) in [5, 5.41) is 4.58. The van der Waals surface area contributed by atoms with Crippen molar-refractivity contribution in [2.24, 2.45) is 0 Å². The summed E-state index contributed by atoms with van der Waals surface area (Å²) in [5.74, 6) is -0.124. The molecule has 0 bridgehead atoms. The highest BCUT2D eigenvalue weighted by Gasteiger charge is 2.31. The highest BCUT2D eigenvalue weighted by molar-refractivity contribution is 5.92.